The molecule has 1 fully saturated rings. The number of halogens is 1. The van der Waals surface area contributed by atoms with E-state index in [1.54, 1.807) is 18.2 Å². The zero-order valence-electron chi connectivity index (χ0n) is 12.1. The van der Waals surface area contributed by atoms with Crippen LogP contribution in [0.1, 0.15) is 41.6 Å². The van der Waals surface area contributed by atoms with Crippen LogP contribution in [0.3, 0.4) is 0 Å². The molecule has 2 unspecified atom stereocenters. The number of aryl methyl sites for hydroxylation is 1. The van der Waals surface area contributed by atoms with Crippen molar-refractivity contribution in [2.45, 2.75) is 32.6 Å². The van der Waals surface area contributed by atoms with E-state index in [-0.39, 0.29) is 17.7 Å². The first-order valence-corrected chi connectivity index (χ1v) is 7.64. The van der Waals surface area contributed by atoms with Gasteiger partial charge in [0.2, 0.25) is 0 Å². The zero-order chi connectivity index (χ0) is 15.4. The monoisotopic (exact) mass is 309 g/mol. The van der Waals surface area contributed by atoms with Crippen LogP contribution in [0.25, 0.3) is 0 Å². The first kappa shape index (κ1) is 15.8. The van der Waals surface area contributed by atoms with Gasteiger partial charge in [0.15, 0.2) is 0 Å². The van der Waals surface area contributed by atoms with Crippen LogP contribution in [-0.2, 0) is 4.79 Å². The van der Waals surface area contributed by atoms with Crippen LogP contribution in [0.4, 0.5) is 0 Å². The lowest BCUT2D eigenvalue weighted by Crippen LogP contribution is -2.37. The highest BCUT2D eigenvalue weighted by atomic mass is 35.5. The molecule has 0 spiro atoms. The SMILES string of the molecule is Cc1cc(Cl)ccc1C(=O)NCC1CCCCC1C(=O)O. The number of rotatable bonds is 4. The first-order valence-electron chi connectivity index (χ1n) is 7.26. The molecule has 0 aliphatic heterocycles. The normalized spacial score (nSPS) is 21.8. The summed E-state index contributed by atoms with van der Waals surface area (Å²) in [5.74, 6) is -1.24. The van der Waals surface area contributed by atoms with Crippen molar-refractivity contribution < 1.29 is 14.7 Å². The quantitative estimate of drug-likeness (QED) is 0.897. The number of aliphatic carboxylic acids is 1. The van der Waals surface area contributed by atoms with Gasteiger partial charge in [-0.15, -0.1) is 0 Å². The van der Waals surface area contributed by atoms with Gasteiger partial charge in [0.25, 0.3) is 5.91 Å². The third kappa shape index (κ3) is 3.97. The minimum absolute atomic E-state index is 0.0211. The van der Waals surface area contributed by atoms with Gasteiger partial charge in [0.1, 0.15) is 0 Å². The number of amides is 1. The van der Waals surface area contributed by atoms with Gasteiger partial charge in [-0.1, -0.05) is 24.4 Å². The number of nitrogens with one attached hydrogen (secondary N) is 1. The zero-order valence-corrected chi connectivity index (χ0v) is 12.8. The van der Waals surface area contributed by atoms with Gasteiger partial charge in [-0.2, -0.15) is 0 Å². The smallest absolute Gasteiger partial charge is 0.306 e. The lowest BCUT2D eigenvalue weighted by atomic mass is 9.79. The number of carbonyl (C=O) groups excluding carboxylic acids is 1. The van der Waals surface area contributed by atoms with Gasteiger partial charge in [-0.05, 0) is 49.4 Å². The highest BCUT2D eigenvalue weighted by Crippen LogP contribution is 2.29. The molecule has 2 N–H and O–H groups in total. The maximum Gasteiger partial charge on any atom is 0.306 e. The summed E-state index contributed by atoms with van der Waals surface area (Å²) in [6.45, 7) is 2.25. The van der Waals surface area contributed by atoms with E-state index < -0.39 is 5.97 Å². The average molecular weight is 310 g/mol. The molecule has 1 saturated carbocycles. The van der Waals surface area contributed by atoms with Crippen molar-refractivity contribution in [2.75, 3.05) is 6.54 Å². The summed E-state index contributed by atoms with van der Waals surface area (Å²) >= 11 is 5.88. The summed E-state index contributed by atoms with van der Waals surface area (Å²) < 4.78 is 0. The molecule has 1 aliphatic rings. The van der Waals surface area contributed by atoms with E-state index in [1.165, 1.54) is 0 Å². The molecule has 0 heterocycles. The minimum Gasteiger partial charge on any atom is -0.481 e. The second-order valence-electron chi connectivity index (χ2n) is 5.66. The summed E-state index contributed by atoms with van der Waals surface area (Å²) in [6.07, 6.45) is 3.55. The Morgan fingerprint density at radius 2 is 2.05 bits per heavy atom. The molecule has 0 aromatic heterocycles. The molecule has 21 heavy (non-hydrogen) atoms. The Balaban J connectivity index is 1.98. The van der Waals surface area contributed by atoms with Crippen molar-refractivity contribution >= 4 is 23.5 Å². The predicted octanol–water partition coefficient (Wildman–Crippen LogP) is 3.27. The summed E-state index contributed by atoms with van der Waals surface area (Å²) in [4.78, 5) is 23.4. The average Bonchev–Trinajstić information content (AvgIpc) is 2.45. The first-order chi connectivity index (χ1) is 9.99. The second-order valence-corrected chi connectivity index (χ2v) is 6.09. The summed E-state index contributed by atoms with van der Waals surface area (Å²) in [6, 6.07) is 5.13. The molecule has 1 aromatic rings. The van der Waals surface area contributed by atoms with Gasteiger partial charge < -0.3 is 10.4 Å². The Bertz CT molecular complexity index is 544. The van der Waals surface area contributed by atoms with E-state index in [0.717, 1.165) is 24.8 Å². The van der Waals surface area contributed by atoms with Crippen LogP contribution in [-0.4, -0.2) is 23.5 Å². The Labute approximate surface area is 129 Å². The van der Waals surface area contributed by atoms with Crippen molar-refractivity contribution in [1.29, 1.82) is 0 Å². The number of hydrogen-bond donors (Lipinski definition) is 2. The molecule has 0 bridgehead atoms. The van der Waals surface area contributed by atoms with E-state index in [1.807, 2.05) is 6.92 Å². The highest BCUT2D eigenvalue weighted by Gasteiger charge is 2.30. The third-order valence-electron chi connectivity index (χ3n) is 4.18. The fraction of sp³-hybridized carbons (Fsp3) is 0.500. The highest BCUT2D eigenvalue weighted by molar-refractivity contribution is 6.30. The summed E-state index contributed by atoms with van der Waals surface area (Å²) in [5, 5.41) is 12.7. The van der Waals surface area contributed by atoms with Crippen LogP contribution < -0.4 is 5.32 Å². The molecule has 0 radical (unpaired) electrons. The lowest BCUT2D eigenvalue weighted by molar-refractivity contribution is -0.144. The molecule has 2 atom stereocenters. The van der Waals surface area contributed by atoms with Crippen LogP contribution in [0.5, 0.6) is 0 Å². The van der Waals surface area contributed by atoms with Gasteiger partial charge in [-0.3, -0.25) is 9.59 Å². The van der Waals surface area contributed by atoms with Crippen LogP contribution in [0.15, 0.2) is 18.2 Å². The number of carbonyl (C=O) groups is 2. The molecule has 2 rings (SSSR count). The molecule has 0 saturated heterocycles. The molecule has 1 aliphatic carbocycles. The van der Waals surface area contributed by atoms with Gasteiger partial charge in [0.05, 0.1) is 5.92 Å². The summed E-state index contributed by atoms with van der Waals surface area (Å²) in [5.41, 5.74) is 1.40. The van der Waals surface area contributed by atoms with Crippen molar-refractivity contribution in [3.05, 3.63) is 34.3 Å². The molecular formula is C16H20ClNO3. The molecule has 114 valence electrons. The van der Waals surface area contributed by atoms with E-state index in [9.17, 15) is 14.7 Å². The van der Waals surface area contributed by atoms with E-state index in [0.29, 0.717) is 23.6 Å². The number of carboxylic acids is 1. The van der Waals surface area contributed by atoms with Crippen LogP contribution in [0, 0.1) is 18.8 Å². The Hall–Kier alpha value is -1.55. The number of benzene rings is 1. The van der Waals surface area contributed by atoms with Crippen molar-refractivity contribution in [2.24, 2.45) is 11.8 Å². The maximum atomic E-state index is 12.2. The minimum atomic E-state index is -0.753. The molecule has 1 aromatic carbocycles. The van der Waals surface area contributed by atoms with E-state index in [2.05, 4.69) is 5.32 Å². The van der Waals surface area contributed by atoms with Gasteiger partial charge >= 0.3 is 5.97 Å². The molecule has 5 heteroatoms. The van der Waals surface area contributed by atoms with Crippen molar-refractivity contribution in [1.82, 2.24) is 5.32 Å². The number of hydrogen-bond acceptors (Lipinski definition) is 2. The largest absolute Gasteiger partial charge is 0.481 e. The Kier molecular flexibility index (Phi) is 5.23. The predicted molar refractivity (Wildman–Crippen MR) is 81.6 cm³/mol. The standard InChI is InChI=1S/C16H20ClNO3/c1-10-8-12(17)6-7-13(10)15(19)18-9-11-4-2-3-5-14(11)16(20)21/h6-8,11,14H,2-5,9H2,1H3,(H,18,19)(H,20,21). The van der Waals surface area contributed by atoms with Crippen molar-refractivity contribution in [3.8, 4) is 0 Å². The van der Waals surface area contributed by atoms with Crippen LogP contribution >= 0.6 is 11.6 Å². The van der Waals surface area contributed by atoms with E-state index in [4.69, 9.17) is 11.6 Å². The summed E-state index contributed by atoms with van der Waals surface area (Å²) in [7, 11) is 0. The van der Waals surface area contributed by atoms with Gasteiger partial charge in [0, 0.05) is 17.1 Å². The molecular weight excluding hydrogens is 290 g/mol. The lowest BCUT2D eigenvalue weighted by Gasteiger charge is -2.28. The Morgan fingerprint density at radius 3 is 2.71 bits per heavy atom. The van der Waals surface area contributed by atoms with Crippen molar-refractivity contribution in [3.63, 3.8) is 0 Å². The third-order valence-corrected chi connectivity index (χ3v) is 4.42. The Morgan fingerprint density at radius 1 is 1.33 bits per heavy atom. The van der Waals surface area contributed by atoms with Gasteiger partial charge in [-0.25, -0.2) is 0 Å². The molecule has 4 nitrogen and oxygen atoms in total. The molecule has 1 amide bonds. The van der Waals surface area contributed by atoms with E-state index >= 15 is 0 Å². The fourth-order valence-electron chi connectivity index (χ4n) is 2.98. The van der Waals surface area contributed by atoms with Crippen LogP contribution in [0.2, 0.25) is 5.02 Å². The topological polar surface area (TPSA) is 66.4 Å². The second kappa shape index (κ2) is 6.94. The number of carboxylic acid groups (broad SMARTS) is 1. The maximum absolute atomic E-state index is 12.2. The fourth-order valence-corrected chi connectivity index (χ4v) is 3.20.